The Morgan fingerprint density at radius 1 is 1.14 bits per heavy atom. The van der Waals surface area contributed by atoms with Crippen LogP contribution in [-0.2, 0) is 0 Å². The summed E-state index contributed by atoms with van der Waals surface area (Å²) in [6.45, 7) is 0. The molecular weight excluding hydrogens is 394 g/mol. The van der Waals surface area contributed by atoms with Crippen LogP contribution >= 0.6 is 31.9 Å². The predicted molar refractivity (Wildman–Crippen MR) is 92.8 cm³/mol. The van der Waals surface area contributed by atoms with E-state index in [1.165, 1.54) is 24.0 Å². The number of rotatable bonds is 5. The van der Waals surface area contributed by atoms with Crippen LogP contribution in [0.1, 0.15) is 30.0 Å². The Labute approximate surface area is 142 Å². The average molecular weight is 411 g/mol. The summed E-state index contributed by atoms with van der Waals surface area (Å²) in [7, 11) is 1.98. The van der Waals surface area contributed by atoms with E-state index in [9.17, 15) is 0 Å². The Hall–Kier alpha value is -0.840. The van der Waals surface area contributed by atoms with E-state index in [0.717, 1.165) is 14.7 Å². The van der Waals surface area contributed by atoms with Crippen LogP contribution in [0.2, 0.25) is 0 Å². The molecule has 3 rings (SSSR count). The van der Waals surface area contributed by atoms with Crippen molar-refractivity contribution < 1.29 is 4.74 Å². The number of benzene rings is 2. The van der Waals surface area contributed by atoms with Gasteiger partial charge >= 0.3 is 0 Å². The molecule has 1 aliphatic carbocycles. The molecule has 0 amide bonds. The summed E-state index contributed by atoms with van der Waals surface area (Å²) < 4.78 is 8.07. The third kappa shape index (κ3) is 3.68. The van der Waals surface area contributed by atoms with Crippen molar-refractivity contribution in [1.82, 2.24) is 5.32 Å². The van der Waals surface area contributed by atoms with Crippen molar-refractivity contribution in [3.05, 3.63) is 62.5 Å². The zero-order valence-electron chi connectivity index (χ0n) is 11.8. The SMILES string of the molecule is CNC(c1cccc(OC2CC2)c1)c1cc(Br)ccc1Br. The molecule has 2 aromatic carbocycles. The van der Waals surface area contributed by atoms with Crippen molar-refractivity contribution in [3.8, 4) is 5.75 Å². The van der Waals surface area contributed by atoms with Gasteiger partial charge in [0.15, 0.2) is 0 Å². The predicted octanol–water partition coefficient (Wildman–Crippen LogP) is 5.06. The fourth-order valence-corrected chi connectivity index (χ4v) is 3.24. The quantitative estimate of drug-likeness (QED) is 0.743. The minimum Gasteiger partial charge on any atom is -0.490 e. The van der Waals surface area contributed by atoms with E-state index in [2.05, 4.69) is 67.5 Å². The fraction of sp³-hybridized carbons (Fsp3) is 0.294. The second-order valence-corrected chi connectivity index (χ2v) is 7.05. The van der Waals surface area contributed by atoms with Crippen LogP contribution in [0, 0.1) is 0 Å². The molecule has 1 N–H and O–H groups in total. The Balaban J connectivity index is 1.93. The van der Waals surface area contributed by atoms with Gasteiger partial charge in [0.1, 0.15) is 5.75 Å². The summed E-state index contributed by atoms with van der Waals surface area (Å²) in [5.41, 5.74) is 2.41. The maximum Gasteiger partial charge on any atom is 0.120 e. The highest BCUT2D eigenvalue weighted by Gasteiger charge is 2.24. The molecule has 0 bridgehead atoms. The molecule has 0 saturated heterocycles. The molecule has 1 fully saturated rings. The smallest absolute Gasteiger partial charge is 0.120 e. The molecule has 4 heteroatoms. The van der Waals surface area contributed by atoms with E-state index in [4.69, 9.17) is 4.74 Å². The molecule has 1 unspecified atom stereocenters. The second-order valence-electron chi connectivity index (χ2n) is 5.28. The number of ether oxygens (including phenoxy) is 1. The average Bonchev–Trinajstić information content (AvgIpc) is 3.28. The van der Waals surface area contributed by atoms with Crippen LogP contribution in [0.5, 0.6) is 5.75 Å². The molecule has 0 radical (unpaired) electrons. The molecule has 1 atom stereocenters. The van der Waals surface area contributed by atoms with Crippen molar-refractivity contribution in [2.24, 2.45) is 0 Å². The molecule has 0 heterocycles. The van der Waals surface area contributed by atoms with Gasteiger partial charge in [-0.3, -0.25) is 0 Å². The Bertz CT molecular complexity index is 640. The minimum atomic E-state index is 0.125. The molecule has 110 valence electrons. The van der Waals surface area contributed by atoms with Gasteiger partial charge in [-0.25, -0.2) is 0 Å². The second kappa shape index (κ2) is 6.51. The van der Waals surface area contributed by atoms with Gasteiger partial charge in [0.2, 0.25) is 0 Å². The van der Waals surface area contributed by atoms with Gasteiger partial charge in [-0.1, -0.05) is 44.0 Å². The van der Waals surface area contributed by atoms with E-state index >= 15 is 0 Å². The third-order valence-electron chi connectivity index (χ3n) is 3.58. The Morgan fingerprint density at radius 2 is 1.95 bits per heavy atom. The first-order valence-electron chi connectivity index (χ1n) is 7.06. The molecule has 2 aromatic rings. The van der Waals surface area contributed by atoms with Crippen molar-refractivity contribution in [3.63, 3.8) is 0 Å². The van der Waals surface area contributed by atoms with Crippen molar-refractivity contribution in [2.45, 2.75) is 25.0 Å². The summed E-state index contributed by atoms with van der Waals surface area (Å²) in [4.78, 5) is 0. The highest BCUT2D eigenvalue weighted by molar-refractivity contribution is 9.11. The summed E-state index contributed by atoms with van der Waals surface area (Å²) in [6, 6.07) is 14.7. The van der Waals surface area contributed by atoms with Crippen molar-refractivity contribution in [1.29, 1.82) is 0 Å². The van der Waals surface area contributed by atoms with Gasteiger partial charge in [-0.05, 0) is 61.3 Å². The maximum atomic E-state index is 5.90. The van der Waals surface area contributed by atoms with E-state index in [-0.39, 0.29) is 6.04 Å². The van der Waals surface area contributed by atoms with Gasteiger partial charge in [0.25, 0.3) is 0 Å². The lowest BCUT2D eigenvalue weighted by atomic mass is 9.99. The summed E-state index contributed by atoms with van der Waals surface area (Å²) in [5, 5.41) is 3.39. The number of hydrogen-bond acceptors (Lipinski definition) is 2. The fourth-order valence-electron chi connectivity index (χ4n) is 2.38. The van der Waals surface area contributed by atoms with E-state index in [0.29, 0.717) is 6.10 Å². The molecule has 0 aromatic heterocycles. The Kier molecular flexibility index (Phi) is 4.67. The van der Waals surface area contributed by atoms with Gasteiger partial charge in [-0.2, -0.15) is 0 Å². The zero-order valence-corrected chi connectivity index (χ0v) is 14.9. The topological polar surface area (TPSA) is 21.3 Å². The molecule has 2 nitrogen and oxygen atoms in total. The van der Waals surface area contributed by atoms with Gasteiger partial charge in [0.05, 0.1) is 12.1 Å². The minimum absolute atomic E-state index is 0.125. The van der Waals surface area contributed by atoms with E-state index in [1.807, 2.05) is 19.2 Å². The lowest BCUT2D eigenvalue weighted by molar-refractivity contribution is 0.302. The third-order valence-corrected chi connectivity index (χ3v) is 4.79. The monoisotopic (exact) mass is 409 g/mol. The van der Waals surface area contributed by atoms with Crippen LogP contribution in [-0.4, -0.2) is 13.2 Å². The lowest BCUT2D eigenvalue weighted by Crippen LogP contribution is -2.18. The van der Waals surface area contributed by atoms with Crippen LogP contribution in [0.15, 0.2) is 51.4 Å². The van der Waals surface area contributed by atoms with Gasteiger partial charge in [-0.15, -0.1) is 0 Å². The van der Waals surface area contributed by atoms with Crippen molar-refractivity contribution >= 4 is 31.9 Å². The number of halogens is 2. The largest absolute Gasteiger partial charge is 0.490 e. The maximum absolute atomic E-state index is 5.90. The van der Waals surface area contributed by atoms with Crippen LogP contribution in [0.25, 0.3) is 0 Å². The van der Waals surface area contributed by atoms with Crippen LogP contribution in [0.4, 0.5) is 0 Å². The molecule has 0 aliphatic heterocycles. The van der Waals surface area contributed by atoms with Crippen molar-refractivity contribution in [2.75, 3.05) is 7.05 Å². The molecule has 1 aliphatic rings. The highest BCUT2D eigenvalue weighted by Crippen LogP contribution is 2.33. The normalized spacial score (nSPS) is 15.8. The van der Waals surface area contributed by atoms with Gasteiger partial charge in [0, 0.05) is 8.95 Å². The van der Waals surface area contributed by atoms with Gasteiger partial charge < -0.3 is 10.1 Å². The first kappa shape index (κ1) is 15.1. The summed E-state index contributed by atoms with van der Waals surface area (Å²) in [6.07, 6.45) is 2.78. The van der Waals surface area contributed by atoms with Crippen LogP contribution < -0.4 is 10.1 Å². The summed E-state index contributed by atoms with van der Waals surface area (Å²) >= 11 is 7.19. The first-order chi connectivity index (χ1) is 10.2. The lowest BCUT2D eigenvalue weighted by Gasteiger charge is -2.20. The number of hydrogen-bond donors (Lipinski definition) is 1. The molecular formula is C17H17Br2NO. The molecule has 1 saturated carbocycles. The van der Waals surface area contributed by atoms with E-state index in [1.54, 1.807) is 0 Å². The Morgan fingerprint density at radius 3 is 2.67 bits per heavy atom. The molecule has 0 spiro atoms. The first-order valence-corrected chi connectivity index (χ1v) is 8.65. The van der Waals surface area contributed by atoms with E-state index < -0.39 is 0 Å². The standard InChI is InChI=1S/C17H17Br2NO/c1-20-17(15-10-12(18)5-8-16(15)19)11-3-2-4-14(9-11)21-13-6-7-13/h2-5,8-10,13,17,20H,6-7H2,1H3. The van der Waals surface area contributed by atoms with Crippen LogP contribution in [0.3, 0.4) is 0 Å². The summed E-state index contributed by atoms with van der Waals surface area (Å²) in [5.74, 6) is 0.960. The molecule has 21 heavy (non-hydrogen) atoms. The number of nitrogens with one attached hydrogen (secondary N) is 1. The highest BCUT2D eigenvalue weighted by atomic mass is 79.9. The zero-order chi connectivity index (χ0) is 14.8.